The van der Waals surface area contributed by atoms with Crippen LogP contribution in [0.15, 0.2) is 28.7 Å². The molecule has 0 saturated heterocycles. The van der Waals surface area contributed by atoms with Gasteiger partial charge in [0.1, 0.15) is 0 Å². The number of hydrogen-bond acceptors (Lipinski definition) is 2. The van der Waals surface area contributed by atoms with Crippen molar-refractivity contribution < 1.29 is 14.7 Å². The number of carbonyl (C=O) groups excluding carboxylic acids is 1. The minimum atomic E-state index is -0.867. The molecule has 0 aliphatic carbocycles. The van der Waals surface area contributed by atoms with Crippen molar-refractivity contribution in [1.29, 1.82) is 0 Å². The third-order valence-electron chi connectivity index (χ3n) is 3.13. The van der Waals surface area contributed by atoms with Crippen LogP contribution in [-0.4, -0.2) is 22.6 Å². The van der Waals surface area contributed by atoms with Crippen molar-refractivity contribution >= 4 is 27.9 Å². The van der Waals surface area contributed by atoms with Gasteiger partial charge in [-0.25, -0.2) is 4.79 Å². The predicted octanol–water partition coefficient (Wildman–Crippen LogP) is 3.45. The number of carbonyl (C=O) groups is 2. The summed E-state index contributed by atoms with van der Waals surface area (Å²) in [5.41, 5.74) is 0.429. The fourth-order valence-corrected chi connectivity index (χ4v) is 2.12. The highest BCUT2D eigenvalue weighted by Crippen LogP contribution is 2.17. The lowest BCUT2D eigenvalue weighted by Crippen LogP contribution is -2.49. The average Bonchev–Trinajstić information content (AvgIpc) is 2.36. The average molecular weight is 357 g/mol. The number of carboxylic acid groups (broad SMARTS) is 1. The van der Waals surface area contributed by atoms with Crippen LogP contribution in [0.5, 0.6) is 0 Å². The molecule has 5 nitrogen and oxygen atoms in total. The molecule has 3 N–H and O–H groups in total. The molecule has 116 valence electrons. The highest BCUT2D eigenvalue weighted by Gasteiger charge is 2.22. The largest absolute Gasteiger partial charge is 0.481 e. The van der Waals surface area contributed by atoms with Crippen LogP contribution in [0.4, 0.5) is 4.79 Å². The number of nitrogens with one attached hydrogen (secondary N) is 2. The summed E-state index contributed by atoms with van der Waals surface area (Å²) >= 11 is 3.37. The molecule has 0 bridgehead atoms. The molecule has 1 atom stereocenters. The van der Waals surface area contributed by atoms with E-state index in [0.29, 0.717) is 6.42 Å². The van der Waals surface area contributed by atoms with E-state index in [-0.39, 0.29) is 18.5 Å². The Hall–Kier alpha value is -1.56. The van der Waals surface area contributed by atoms with Crippen LogP contribution in [-0.2, 0) is 4.79 Å². The van der Waals surface area contributed by atoms with Gasteiger partial charge in [-0.15, -0.1) is 0 Å². The summed E-state index contributed by atoms with van der Waals surface area (Å²) in [5, 5.41) is 14.3. The summed E-state index contributed by atoms with van der Waals surface area (Å²) in [7, 11) is 0. The highest BCUT2D eigenvalue weighted by atomic mass is 79.9. The van der Waals surface area contributed by atoms with Crippen molar-refractivity contribution in [3.8, 4) is 0 Å². The Kier molecular flexibility index (Phi) is 6.20. The summed E-state index contributed by atoms with van der Waals surface area (Å²) in [5.74, 6) is -0.867. The zero-order valence-corrected chi connectivity index (χ0v) is 14.0. The Morgan fingerprint density at radius 3 is 2.38 bits per heavy atom. The second-order valence-electron chi connectivity index (χ2n) is 5.65. The molecular weight excluding hydrogens is 336 g/mol. The van der Waals surface area contributed by atoms with Crippen LogP contribution in [0, 0.1) is 0 Å². The van der Waals surface area contributed by atoms with Crippen molar-refractivity contribution in [1.82, 2.24) is 10.6 Å². The smallest absolute Gasteiger partial charge is 0.315 e. The van der Waals surface area contributed by atoms with Crippen LogP contribution >= 0.6 is 15.9 Å². The predicted molar refractivity (Wildman–Crippen MR) is 85.2 cm³/mol. The van der Waals surface area contributed by atoms with Gasteiger partial charge in [0.15, 0.2) is 0 Å². The molecule has 6 heteroatoms. The molecule has 0 aromatic heterocycles. The normalized spacial score (nSPS) is 12.6. The maximum Gasteiger partial charge on any atom is 0.315 e. The van der Waals surface area contributed by atoms with Crippen LogP contribution in [0.3, 0.4) is 0 Å². The lowest BCUT2D eigenvalue weighted by atomic mass is 9.99. The van der Waals surface area contributed by atoms with E-state index in [4.69, 9.17) is 5.11 Å². The second-order valence-corrected chi connectivity index (χ2v) is 6.56. The first-order valence-corrected chi connectivity index (χ1v) is 7.55. The first kappa shape index (κ1) is 17.5. The molecule has 1 unspecified atom stereocenters. The molecule has 2 amide bonds. The van der Waals surface area contributed by atoms with Crippen molar-refractivity contribution in [2.24, 2.45) is 0 Å². The van der Waals surface area contributed by atoms with Gasteiger partial charge in [-0.05, 0) is 44.9 Å². The molecular formula is C15H21BrN2O3. The third kappa shape index (κ3) is 6.62. The molecule has 0 aliphatic rings. The first-order chi connectivity index (χ1) is 9.69. The van der Waals surface area contributed by atoms with E-state index in [1.165, 1.54) is 0 Å². The van der Waals surface area contributed by atoms with E-state index in [1.54, 1.807) is 13.8 Å². The van der Waals surface area contributed by atoms with Gasteiger partial charge < -0.3 is 15.7 Å². The summed E-state index contributed by atoms with van der Waals surface area (Å²) in [6.07, 6.45) is 0.401. The molecule has 1 aromatic carbocycles. The number of carboxylic acids is 1. The molecule has 0 spiro atoms. The van der Waals surface area contributed by atoms with Gasteiger partial charge in [0.05, 0.1) is 6.04 Å². The van der Waals surface area contributed by atoms with Crippen LogP contribution in [0.25, 0.3) is 0 Å². The Morgan fingerprint density at radius 1 is 1.29 bits per heavy atom. The van der Waals surface area contributed by atoms with E-state index >= 15 is 0 Å². The number of amides is 2. The summed E-state index contributed by atoms with van der Waals surface area (Å²) in [6.45, 7) is 5.51. The van der Waals surface area contributed by atoms with Crippen molar-refractivity contribution in [3.05, 3.63) is 34.3 Å². The van der Waals surface area contributed by atoms with Gasteiger partial charge in [-0.1, -0.05) is 28.1 Å². The molecule has 0 heterocycles. The summed E-state index contributed by atoms with van der Waals surface area (Å²) in [6, 6.07) is 7.27. The molecule has 0 fully saturated rings. The van der Waals surface area contributed by atoms with Gasteiger partial charge in [0, 0.05) is 16.4 Å². The quantitative estimate of drug-likeness (QED) is 0.730. The minimum absolute atomic E-state index is 0.0234. The highest BCUT2D eigenvalue weighted by molar-refractivity contribution is 9.10. The number of halogens is 1. The number of urea groups is 1. The number of hydrogen-bond donors (Lipinski definition) is 3. The monoisotopic (exact) mass is 356 g/mol. The van der Waals surface area contributed by atoms with E-state index < -0.39 is 11.5 Å². The fraction of sp³-hybridized carbons (Fsp3) is 0.467. The van der Waals surface area contributed by atoms with E-state index in [9.17, 15) is 9.59 Å². The van der Waals surface area contributed by atoms with Gasteiger partial charge in [0.2, 0.25) is 0 Å². The summed E-state index contributed by atoms with van der Waals surface area (Å²) in [4.78, 5) is 22.6. The summed E-state index contributed by atoms with van der Waals surface area (Å²) < 4.78 is 0.984. The molecule has 0 saturated carbocycles. The SMILES string of the molecule is CC(NC(=O)NC(C)(C)CCC(=O)O)c1ccc(Br)cc1. The van der Waals surface area contributed by atoms with Gasteiger partial charge in [-0.3, -0.25) is 4.79 Å². The van der Waals surface area contributed by atoms with Crippen molar-refractivity contribution in [2.75, 3.05) is 0 Å². The van der Waals surface area contributed by atoms with Crippen molar-refractivity contribution in [3.63, 3.8) is 0 Å². The first-order valence-electron chi connectivity index (χ1n) is 6.75. The Bertz CT molecular complexity index is 500. The van der Waals surface area contributed by atoms with Crippen molar-refractivity contribution in [2.45, 2.75) is 45.2 Å². The maximum atomic E-state index is 12.0. The number of benzene rings is 1. The van der Waals surface area contributed by atoms with E-state index in [2.05, 4.69) is 26.6 Å². The lowest BCUT2D eigenvalue weighted by Gasteiger charge is -2.27. The molecule has 0 aliphatic heterocycles. The Morgan fingerprint density at radius 2 is 1.86 bits per heavy atom. The van der Waals surface area contributed by atoms with E-state index in [0.717, 1.165) is 10.0 Å². The maximum absolute atomic E-state index is 12.0. The second kappa shape index (κ2) is 7.45. The molecule has 0 radical (unpaired) electrons. The minimum Gasteiger partial charge on any atom is -0.481 e. The zero-order chi connectivity index (χ0) is 16.0. The molecule has 1 aromatic rings. The standard InChI is InChI=1S/C15H21BrN2O3/c1-10(11-4-6-12(16)7-5-11)17-14(21)18-15(2,3)9-8-13(19)20/h4-7,10H,8-9H2,1-3H3,(H,19,20)(H2,17,18,21). The Balaban J connectivity index is 2.52. The zero-order valence-electron chi connectivity index (χ0n) is 12.4. The van der Waals surface area contributed by atoms with Crippen LogP contribution in [0.1, 0.15) is 45.2 Å². The van der Waals surface area contributed by atoms with Crippen LogP contribution in [0.2, 0.25) is 0 Å². The van der Waals surface area contributed by atoms with Gasteiger partial charge >= 0.3 is 12.0 Å². The molecule has 21 heavy (non-hydrogen) atoms. The Labute approximate surface area is 133 Å². The van der Waals surface area contributed by atoms with Gasteiger partial charge in [0.25, 0.3) is 0 Å². The third-order valence-corrected chi connectivity index (χ3v) is 3.66. The number of rotatable bonds is 6. The van der Waals surface area contributed by atoms with E-state index in [1.807, 2.05) is 31.2 Å². The fourth-order valence-electron chi connectivity index (χ4n) is 1.86. The number of aliphatic carboxylic acids is 1. The lowest BCUT2D eigenvalue weighted by molar-refractivity contribution is -0.137. The van der Waals surface area contributed by atoms with Crippen LogP contribution < -0.4 is 10.6 Å². The topological polar surface area (TPSA) is 78.4 Å². The molecule has 1 rings (SSSR count). The van der Waals surface area contributed by atoms with Gasteiger partial charge in [-0.2, -0.15) is 0 Å².